The summed E-state index contributed by atoms with van der Waals surface area (Å²) >= 11 is 1.33. The van der Waals surface area contributed by atoms with Gasteiger partial charge in [0.05, 0.1) is 12.5 Å². The number of carbonyl (C=O) groups is 1. The average molecular weight is 386 g/mol. The summed E-state index contributed by atoms with van der Waals surface area (Å²) in [7, 11) is 0. The molecule has 27 heavy (non-hydrogen) atoms. The SMILES string of the molecule is CC(C)Oc1cc(OCc2ccccc2F)cc(C(=O)Cc2nncs2)c1. The van der Waals surface area contributed by atoms with E-state index in [2.05, 4.69) is 10.2 Å². The standard InChI is InChI=1S/C20H19FN2O3S/c1-13(2)26-17-8-15(19(24)10-20-23-22-12-27-20)7-16(9-17)25-11-14-5-3-4-6-18(14)21/h3-9,12-13H,10-11H2,1-2H3. The van der Waals surface area contributed by atoms with Crippen molar-refractivity contribution in [3.8, 4) is 11.5 Å². The van der Waals surface area contributed by atoms with Crippen LogP contribution in [0.4, 0.5) is 4.39 Å². The highest BCUT2D eigenvalue weighted by molar-refractivity contribution is 7.09. The molecule has 0 aliphatic carbocycles. The van der Waals surface area contributed by atoms with Crippen LogP contribution in [0.15, 0.2) is 48.0 Å². The van der Waals surface area contributed by atoms with Crippen molar-refractivity contribution in [2.75, 3.05) is 0 Å². The number of aromatic nitrogens is 2. The van der Waals surface area contributed by atoms with Crippen molar-refractivity contribution in [2.45, 2.75) is 33.0 Å². The van der Waals surface area contributed by atoms with Crippen molar-refractivity contribution in [2.24, 2.45) is 0 Å². The van der Waals surface area contributed by atoms with Gasteiger partial charge in [0.2, 0.25) is 0 Å². The molecular formula is C20H19FN2O3S. The van der Waals surface area contributed by atoms with Crippen LogP contribution in [0.5, 0.6) is 11.5 Å². The number of hydrogen-bond acceptors (Lipinski definition) is 6. The second-order valence-electron chi connectivity index (χ2n) is 6.17. The fraction of sp³-hybridized carbons (Fsp3) is 0.250. The molecule has 2 aromatic carbocycles. The summed E-state index contributed by atoms with van der Waals surface area (Å²) in [4.78, 5) is 12.6. The van der Waals surface area contributed by atoms with E-state index in [-0.39, 0.29) is 30.7 Å². The van der Waals surface area contributed by atoms with Crippen LogP contribution in [0.3, 0.4) is 0 Å². The number of benzene rings is 2. The minimum absolute atomic E-state index is 0.0574. The number of Topliss-reactive ketones (excluding diaryl/α,β-unsaturated/α-hetero) is 1. The van der Waals surface area contributed by atoms with Gasteiger partial charge in [0.1, 0.15) is 34.4 Å². The highest BCUT2D eigenvalue weighted by Crippen LogP contribution is 2.26. The number of rotatable bonds is 8. The van der Waals surface area contributed by atoms with Crippen molar-refractivity contribution in [3.63, 3.8) is 0 Å². The summed E-state index contributed by atoms with van der Waals surface area (Å²) in [5.74, 6) is 0.519. The first-order valence-electron chi connectivity index (χ1n) is 8.47. The van der Waals surface area contributed by atoms with E-state index in [0.717, 1.165) is 0 Å². The maximum atomic E-state index is 13.8. The largest absolute Gasteiger partial charge is 0.491 e. The third kappa shape index (κ3) is 5.34. The van der Waals surface area contributed by atoms with Crippen molar-refractivity contribution >= 4 is 17.1 Å². The molecule has 0 fully saturated rings. The van der Waals surface area contributed by atoms with Gasteiger partial charge in [-0.2, -0.15) is 0 Å². The molecule has 5 nitrogen and oxygen atoms in total. The fourth-order valence-corrected chi connectivity index (χ4v) is 2.97. The van der Waals surface area contributed by atoms with Crippen LogP contribution >= 0.6 is 11.3 Å². The van der Waals surface area contributed by atoms with Gasteiger partial charge >= 0.3 is 0 Å². The van der Waals surface area contributed by atoms with Gasteiger partial charge in [-0.15, -0.1) is 21.5 Å². The Kier molecular flexibility index (Phi) is 6.13. The van der Waals surface area contributed by atoms with Crippen molar-refractivity contribution in [1.29, 1.82) is 0 Å². The predicted octanol–water partition coefficient (Wildman–Crippen LogP) is 4.47. The molecule has 140 valence electrons. The Bertz CT molecular complexity index is 913. The first kappa shape index (κ1) is 19.0. The maximum Gasteiger partial charge on any atom is 0.170 e. The quantitative estimate of drug-likeness (QED) is 0.535. The lowest BCUT2D eigenvalue weighted by Crippen LogP contribution is -2.09. The zero-order valence-corrected chi connectivity index (χ0v) is 15.8. The summed E-state index contributed by atoms with van der Waals surface area (Å²) in [5.41, 5.74) is 2.48. The molecule has 0 saturated heterocycles. The molecule has 0 radical (unpaired) electrons. The van der Waals surface area contributed by atoms with Crippen molar-refractivity contribution in [1.82, 2.24) is 10.2 Å². The van der Waals surface area contributed by atoms with Gasteiger partial charge in [-0.05, 0) is 32.0 Å². The molecule has 0 bridgehead atoms. The molecule has 3 rings (SSSR count). The van der Waals surface area contributed by atoms with Gasteiger partial charge in [0, 0.05) is 17.2 Å². The first-order chi connectivity index (χ1) is 13.0. The van der Waals surface area contributed by atoms with Crippen LogP contribution in [0.2, 0.25) is 0 Å². The van der Waals surface area contributed by atoms with Crippen LogP contribution in [0.25, 0.3) is 0 Å². The molecule has 3 aromatic rings. The minimum atomic E-state index is -0.334. The van der Waals surface area contributed by atoms with Gasteiger partial charge in [-0.25, -0.2) is 4.39 Å². The molecule has 7 heteroatoms. The molecule has 0 saturated carbocycles. The normalized spacial score (nSPS) is 10.8. The van der Waals surface area contributed by atoms with E-state index in [1.54, 1.807) is 41.9 Å². The highest BCUT2D eigenvalue weighted by atomic mass is 32.1. The van der Waals surface area contributed by atoms with E-state index in [1.165, 1.54) is 17.4 Å². The average Bonchev–Trinajstić information content (AvgIpc) is 3.13. The van der Waals surface area contributed by atoms with Crippen LogP contribution in [-0.4, -0.2) is 22.1 Å². The Balaban J connectivity index is 1.81. The molecule has 1 aromatic heterocycles. The smallest absolute Gasteiger partial charge is 0.170 e. The lowest BCUT2D eigenvalue weighted by atomic mass is 10.1. The lowest BCUT2D eigenvalue weighted by molar-refractivity contribution is 0.0991. The van der Waals surface area contributed by atoms with Gasteiger partial charge in [0.25, 0.3) is 0 Å². The summed E-state index contributed by atoms with van der Waals surface area (Å²) in [6.07, 6.45) is 0.0978. The summed E-state index contributed by atoms with van der Waals surface area (Å²) < 4.78 is 25.2. The third-order valence-corrected chi connectivity index (χ3v) is 4.34. The Morgan fingerprint density at radius 2 is 1.96 bits per heavy atom. The van der Waals surface area contributed by atoms with Crippen LogP contribution < -0.4 is 9.47 Å². The van der Waals surface area contributed by atoms with Gasteiger partial charge < -0.3 is 9.47 Å². The molecule has 0 unspecified atom stereocenters. The number of ketones is 1. The number of carbonyl (C=O) groups excluding carboxylic acids is 1. The van der Waals surface area contributed by atoms with E-state index in [9.17, 15) is 9.18 Å². The van der Waals surface area contributed by atoms with Crippen molar-refractivity contribution < 1.29 is 18.7 Å². The zero-order valence-electron chi connectivity index (χ0n) is 15.0. The molecule has 0 aliphatic rings. The minimum Gasteiger partial charge on any atom is -0.491 e. The van der Waals surface area contributed by atoms with Crippen LogP contribution in [-0.2, 0) is 13.0 Å². The Labute approximate surface area is 160 Å². The van der Waals surface area contributed by atoms with E-state index in [1.807, 2.05) is 13.8 Å². The molecule has 0 N–H and O–H groups in total. The monoisotopic (exact) mass is 386 g/mol. The number of ether oxygens (including phenoxy) is 2. The van der Waals surface area contributed by atoms with E-state index < -0.39 is 0 Å². The van der Waals surface area contributed by atoms with Gasteiger partial charge in [0.15, 0.2) is 5.78 Å². The summed E-state index contributed by atoms with van der Waals surface area (Å²) in [5, 5.41) is 8.29. The fourth-order valence-electron chi connectivity index (χ4n) is 2.45. The second-order valence-corrected chi connectivity index (χ2v) is 7.09. The zero-order chi connectivity index (χ0) is 19.2. The van der Waals surface area contributed by atoms with Gasteiger partial charge in [-0.1, -0.05) is 18.2 Å². The maximum absolute atomic E-state index is 13.8. The molecule has 1 heterocycles. The van der Waals surface area contributed by atoms with E-state index in [4.69, 9.17) is 9.47 Å². The molecule has 0 aliphatic heterocycles. The van der Waals surface area contributed by atoms with Gasteiger partial charge in [-0.3, -0.25) is 4.79 Å². The Morgan fingerprint density at radius 3 is 2.67 bits per heavy atom. The van der Waals surface area contributed by atoms with E-state index in [0.29, 0.717) is 27.6 Å². The number of nitrogens with zero attached hydrogens (tertiary/aromatic N) is 2. The Morgan fingerprint density at radius 1 is 1.19 bits per heavy atom. The molecule has 0 atom stereocenters. The van der Waals surface area contributed by atoms with Crippen LogP contribution in [0.1, 0.15) is 34.8 Å². The molecular weight excluding hydrogens is 367 g/mol. The number of hydrogen-bond donors (Lipinski definition) is 0. The van der Waals surface area contributed by atoms with E-state index >= 15 is 0 Å². The second kappa shape index (κ2) is 8.73. The van der Waals surface area contributed by atoms with Crippen molar-refractivity contribution in [3.05, 3.63) is 69.9 Å². The molecule has 0 amide bonds. The lowest BCUT2D eigenvalue weighted by Gasteiger charge is -2.14. The summed E-state index contributed by atoms with van der Waals surface area (Å²) in [6, 6.07) is 11.4. The topological polar surface area (TPSA) is 61.3 Å². The first-order valence-corrected chi connectivity index (χ1v) is 9.35. The summed E-state index contributed by atoms with van der Waals surface area (Å²) in [6.45, 7) is 3.85. The highest BCUT2D eigenvalue weighted by Gasteiger charge is 2.14. The van der Waals surface area contributed by atoms with Crippen LogP contribution in [0, 0.1) is 5.82 Å². The number of halogens is 1. The third-order valence-electron chi connectivity index (χ3n) is 3.64. The molecule has 0 spiro atoms. The predicted molar refractivity (Wildman–Crippen MR) is 101 cm³/mol. The Hall–Kier alpha value is -2.80.